The Morgan fingerprint density at radius 1 is 1.12 bits per heavy atom. The molecule has 0 N–H and O–H groups in total. The van der Waals surface area contributed by atoms with E-state index in [1.807, 2.05) is 18.2 Å². The summed E-state index contributed by atoms with van der Waals surface area (Å²) in [5.41, 5.74) is 1.75. The summed E-state index contributed by atoms with van der Waals surface area (Å²) in [5.74, 6) is 0. The van der Waals surface area contributed by atoms with Crippen molar-refractivity contribution in [2.75, 3.05) is 0 Å². The van der Waals surface area contributed by atoms with Gasteiger partial charge < -0.3 is 9.94 Å². The van der Waals surface area contributed by atoms with Gasteiger partial charge in [0.2, 0.25) is 0 Å². The summed E-state index contributed by atoms with van der Waals surface area (Å²) in [6, 6.07) is 10.7. The molecule has 0 spiro atoms. The molecule has 0 atom stereocenters. The highest BCUT2D eigenvalue weighted by molar-refractivity contribution is 5.92. The summed E-state index contributed by atoms with van der Waals surface area (Å²) < 4.78 is 1.43. The van der Waals surface area contributed by atoms with Crippen molar-refractivity contribution in [3.63, 3.8) is 0 Å². The number of benzene rings is 1. The van der Waals surface area contributed by atoms with E-state index in [2.05, 4.69) is 0 Å². The SMILES string of the molecule is O=[n+]1cc2n([O-])cccc-2c2ccccc21. The topological polar surface area (TPSA) is 51.0 Å². The molecule has 0 bridgehead atoms. The van der Waals surface area contributed by atoms with E-state index in [-0.39, 0.29) is 0 Å². The summed E-state index contributed by atoms with van der Waals surface area (Å²) in [5, 5.41) is 12.3. The highest BCUT2D eigenvalue weighted by atomic mass is 16.5. The molecule has 2 aliphatic heterocycles. The summed E-state index contributed by atoms with van der Waals surface area (Å²) >= 11 is 0. The van der Waals surface area contributed by atoms with E-state index in [4.69, 9.17) is 0 Å². The van der Waals surface area contributed by atoms with E-state index in [1.54, 1.807) is 18.2 Å². The molecule has 4 nitrogen and oxygen atoms in total. The second-order valence-corrected chi connectivity index (χ2v) is 3.60. The Bertz CT molecular complexity index is 703. The first-order valence-corrected chi connectivity index (χ1v) is 4.90. The molecule has 78 valence electrons. The summed E-state index contributed by atoms with van der Waals surface area (Å²) in [7, 11) is 0. The van der Waals surface area contributed by atoms with Gasteiger partial charge >= 0.3 is 0 Å². The molecule has 0 saturated carbocycles. The maximum atomic E-state index is 11.7. The van der Waals surface area contributed by atoms with Gasteiger partial charge in [-0.3, -0.25) is 0 Å². The maximum Gasteiger partial charge on any atom is 0.270 e. The van der Waals surface area contributed by atoms with Gasteiger partial charge in [0.05, 0.1) is 9.81 Å². The van der Waals surface area contributed by atoms with Crippen LogP contribution in [-0.2, 0) is 0 Å². The quantitative estimate of drug-likeness (QED) is 0.422. The van der Waals surface area contributed by atoms with Crippen molar-refractivity contribution >= 4 is 10.9 Å². The smallest absolute Gasteiger partial charge is 0.270 e. The van der Waals surface area contributed by atoms with Gasteiger partial charge in [0.25, 0.3) is 11.7 Å². The van der Waals surface area contributed by atoms with E-state index in [0.717, 1.165) is 15.4 Å². The fourth-order valence-electron chi connectivity index (χ4n) is 1.93. The van der Waals surface area contributed by atoms with Gasteiger partial charge in [0.15, 0.2) is 0 Å². The molecule has 0 saturated heterocycles. The number of fused-ring (bicyclic) bond motifs is 3. The second kappa shape index (κ2) is 3.06. The first-order valence-electron chi connectivity index (χ1n) is 4.90. The average molecular weight is 212 g/mol. The van der Waals surface area contributed by atoms with E-state index in [1.165, 1.54) is 12.4 Å². The zero-order chi connectivity index (χ0) is 11.1. The minimum atomic E-state index is 0.385. The molecule has 4 heteroatoms. The molecule has 0 aromatic heterocycles. The van der Waals surface area contributed by atoms with Gasteiger partial charge in [-0.25, -0.2) is 0 Å². The zero-order valence-electron chi connectivity index (χ0n) is 8.33. The van der Waals surface area contributed by atoms with Crippen LogP contribution in [0.5, 0.6) is 0 Å². The molecular formula is C12H8N2O2. The number of pyridine rings is 2. The average Bonchev–Trinajstić information content (AvgIpc) is 2.31. The van der Waals surface area contributed by atoms with Gasteiger partial charge in [0.1, 0.15) is 5.69 Å². The number of hydrogen-bond donors (Lipinski definition) is 0. The van der Waals surface area contributed by atoms with Crippen molar-refractivity contribution in [3.05, 3.63) is 58.9 Å². The Balaban J connectivity index is 2.63. The second-order valence-electron chi connectivity index (χ2n) is 3.60. The molecule has 0 unspecified atom stereocenters. The van der Waals surface area contributed by atoms with Crippen LogP contribution in [0, 0.1) is 10.1 Å². The Hall–Kier alpha value is -2.36. The van der Waals surface area contributed by atoms with E-state index >= 15 is 0 Å². The Morgan fingerprint density at radius 2 is 1.94 bits per heavy atom. The van der Waals surface area contributed by atoms with Crippen LogP contribution in [0.15, 0.2) is 48.8 Å². The van der Waals surface area contributed by atoms with Gasteiger partial charge in [-0.1, -0.05) is 18.2 Å². The molecule has 0 fully saturated rings. The van der Waals surface area contributed by atoms with Crippen LogP contribution in [-0.4, -0.2) is 4.73 Å². The lowest BCUT2D eigenvalue weighted by atomic mass is 10.1. The van der Waals surface area contributed by atoms with Crippen molar-refractivity contribution in [2.45, 2.75) is 0 Å². The zero-order valence-corrected chi connectivity index (χ0v) is 8.33. The minimum Gasteiger partial charge on any atom is -0.805 e. The Morgan fingerprint density at radius 3 is 2.81 bits per heavy atom. The van der Waals surface area contributed by atoms with Crippen LogP contribution in [0.2, 0.25) is 0 Å². The van der Waals surface area contributed by atoms with Gasteiger partial charge in [-0.15, -0.1) is 0 Å². The Kier molecular flexibility index (Phi) is 1.71. The van der Waals surface area contributed by atoms with Crippen LogP contribution in [0.3, 0.4) is 0 Å². The standard InChI is InChI=1S/C12H8N2O2/c15-13-7-3-5-10-9-4-1-2-6-11(9)14(16)8-12(10)13/h1-8H. The molecule has 2 heterocycles. The van der Waals surface area contributed by atoms with Crippen molar-refractivity contribution in [1.29, 1.82) is 0 Å². The molecule has 2 aliphatic rings. The maximum absolute atomic E-state index is 11.7. The van der Waals surface area contributed by atoms with Crippen molar-refractivity contribution < 1.29 is 4.43 Å². The summed E-state index contributed by atoms with van der Waals surface area (Å²) in [6.07, 6.45) is 2.70. The van der Waals surface area contributed by atoms with Crippen molar-refractivity contribution in [3.8, 4) is 11.3 Å². The largest absolute Gasteiger partial charge is 0.805 e. The lowest BCUT2D eigenvalue weighted by Crippen LogP contribution is -2.17. The van der Waals surface area contributed by atoms with Crippen LogP contribution in [0.25, 0.3) is 22.2 Å². The molecule has 1 aromatic rings. The highest BCUT2D eigenvalue weighted by Gasteiger charge is 2.16. The number of rotatable bonds is 0. The van der Waals surface area contributed by atoms with Crippen molar-refractivity contribution in [2.24, 2.45) is 0 Å². The van der Waals surface area contributed by atoms with Crippen LogP contribution in [0.4, 0.5) is 0 Å². The van der Waals surface area contributed by atoms with Crippen molar-refractivity contribution in [1.82, 2.24) is 4.73 Å². The van der Waals surface area contributed by atoms with Gasteiger partial charge in [-0.05, 0) is 18.3 Å². The molecular weight excluding hydrogens is 204 g/mol. The number of para-hydroxylation sites is 1. The molecule has 3 rings (SSSR count). The molecule has 0 radical (unpaired) electrons. The number of aromatic nitrogens is 2. The van der Waals surface area contributed by atoms with Gasteiger partial charge in [-0.2, -0.15) is 0 Å². The monoisotopic (exact) mass is 212 g/mol. The van der Waals surface area contributed by atoms with E-state index in [9.17, 15) is 10.1 Å². The first kappa shape index (κ1) is 8.91. The first-order chi connectivity index (χ1) is 7.77. The molecule has 0 aliphatic carbocycles. The fourth-order valence-corrected chi connectivity index (χ4v) is 1.93. The third-order valence-corrected chi connectivity index (χ3v) is 2.67. The summed E-state index contributed by atoms with van der Waals surface area (Å²) in [6.45, 7) is 0. The molecule has 1 aromatic carbocycles. The predicted molar refractivity (Wildman–Crippen MR) is 60.7 cm³/mol. The third-order valence-electron chi connectivity index (χ3n) is 2.67. The third kappa shape index (κ3) is 1.10. The molecule has 16 heavy (non-hydrogen) atoms. The summed E-state index contributed by atoms with van der Waals surface area (Å²) in [4.78, 5) is 11.7. The normalized spacial score (nSPS) is 11.0. The van der Waals surface area contributed by atoms with Crippen LogP contribution in [0.1, 0.15) is 0 Å². The Labute approximate surface area is 90.9 Å². The lowest BCUT2D eigenvalue weighted by Gasteiger charge is -2.16. The number of hydrogen-bond acceptors (Lipinski definition) is 2. The van der Waals surface area contributed by atoms with Gasteiger partial charge in [0, 0.05) is 16.5 Å². The molecule has 0 amide bonds. The fraction of sp³-hybridized carbons (Fsp3) is 0. The van der Waals surface area contributed by atoms with Crippen LogP contribution < -0.4 is 4.43 Å². The van der Waals surface area contributed by atoms with E-state index < -0.39 is 0 Å². The van der Waals surface area contributed by atoms with E-state index in [0.29, 0.717) is 15.9 Å². The van der Waals surface area contributed by atoms with Crippen LogP contribution >= 0.6 is 0 Å². The minimum absolute atomic E-state index is 0.385. The predicted octanol–water partition coefficient (Wildman–Crippen LogP) is 2.01. The number of nitrogens with zero attached hydrogens (tertiary/aromatic N) is 2. The lowest BCUT2D eigenvalue weighted by molar-refractivity contribution is -0.463. The highest BCUT2D eigenvalue weighted by Crippen LogP contribution is 2.26.